The molecule has 0 radical (unpaired) electrons. The molecule has 1 rings (SSSR count). The standard InChI is InChI=1S/C8H6BrFO/c1-2-11-8-4-6(9)3-7(10)5-8/h2-5H,1H2. The highest BCUT2D eigenvalue weighted by molar-refractivity contribution is 9.10. The first kappa shape index (κ1) is 8.27. The molecule has 0 aromatic heterocycles. The van der Waals surface area contributed by atoms with Gasteiger partial charge in [0.05, 0.1) is 6.26 Å². The zero-order chi connectivity index (χ0) is 8.27. The molecule has 3 heteroatoms. The molecule has 0 aliphatic heterocycles. The molecule has 0 fully saturated rings. The summed E-state index contributed by atoms with van der Waals surface area (Å²) in [7, 11) is 0. The van der Waals surface area contributed by atoms with E-state index in [1.165, 1.54) is 18.4 Å². The molecule has 0 heterocycles. The number of halogens is 2. The average molecular weight is 217 g/mol. The normalized spacial score (nSPS) is 9.27. The Balaban J connectivity index is 2.98. The lowest BCUT2D eigenvalue weighted by molar-refractivity contribution is 0.477. The molecule has 0 unspecified atom stereocenters. The predicted octanol–water partition coefficient (Wildman–Crippen LogP) is 3.11. The van der Waals surface area contributed by atoms with E-state index >= 15 is 0 Å². The minimum atomic E-state index is -0.337. The molecule has 1 aromatic carbocycles. The van der Waals surface area contributed by atoms with Gasteiger partial charge in [-0.3, -0.25) is 0 Å². The molecule has 0 amide bonds. The van der Waals surface area contributed by atoms with Gasteiger partial charge in [-0.15, -0.1) is 0 Å². The summed E-state index contributed by atoms with van der Waals surface area (Å²) in [5, 5.41) is 0. The van der Waals surface area contributed by atoms with Gasteiger partial charge in [-0.25, -0.2) is 4.39 Å². The van der Waals surface area contributed by atoms with Crippen molar-refractivity contribution in [2.24, 2.45) is 0 Å². The van der Waals surface area contributed by atoms with Gasteiger partial charge in [-0.2, -0.15) is 0 Å². The van der Waals surface area contributed by atoms with Crippen LogP contribution in [0.4, 0.5) is 4.39 Å². The summed E-state index contributed by atoms with van der Waals surface area (Å²) in [6, 6.07) is 4.30. The molecule has 0 bridgehead atoms. The first-order valence-electron chi connectivity index (χ1n) is 2.96. The Morgan fingerprint density at radius 1 is 1.45 bits per heavy atom. The van der Waals surface area contributed by atoms with Crippen LogP contribution >= 0.6 is 15.9 Å². The van der Waals surface area contributed by atoms with E-state index in [-0.39, 0.29) is 5.82 Å². The smallest absolute Gasteiger partial charge is 0.130 e. The molecule has 0 spiro atoms. The van der Waals surface area contributed by atoms with Crippen molar-refractivity contribution >= 4 is 15.9 Å². The predicted molar refractivity (Wildman–Crippen MR) is 44.9 cm³/mol. The fraction of sp³-hybridized carbons (Fsp3) is 0. The topological polar surface area (TPSA) is 9.23 Å². The Labute approximate surface area is 72.6 Å². The van der Waals surface area contributed by atoms with Crippen LogP contribution < -0.4 is 4.74 Å². The van der Waals surface area contributed by atoms with E-state index in [1.54, 1.807) is 6.07 Å². The molecule has 0 aliphatic rings. The Morgan fingerprint density at radius 3 is 2.73 bits per heavy atom. The van der Waals surface area contributed by atoms with Crippen LogP contribution in [0.3, 0.4) is 0 Å². The minimum absolute atomic E-state index is 0.337. The van der Waals surface area contributed by atoms with Gasteiger partial charge in [-0.05, 0) is 12.1 Å². The Hall–Kier alpha value is -0.830. The van der Waals surface area contributed by atoms with Gasteiger partial charge in [-0.1, -0.05) is 22.5 Å². The third-order valence-electron chi connectivity index (χ3n) is 1.06. The quantitative estimate of drug-likeness (QED) is 0.691. The molecule has 11 heavy (non-hydrogen) atoms. The van der Waals surface area contributed by atoms with Crippen molar-refractivity contribution in [1.29, 1.82) is 0 Å². The molecule has 1 aromatic rings. The molecule has 0 atom stereocenters. The van der Waals surface area contributed by atoms with Crippen molar-refractivity contribution in [3.05, 3.63) is 41.3 Å². The van der Waals surface area contributed by atoms with Gasteiger partial charge in [0.25, 0.3) is 0 Å². The van der Waals surface area contributed by atoms with E-state index in [9.17, 15) is 4.39 Å². The fourth-order valence-corrected chi connectivity index (χ4v) is 1.14. The summed E-state index contributed by atoms with van der Waals surface area (Å²) < 4.78 is 18.1. The second-order valence-electron chi connectivity index (χ2n) is 1.89. The third-order valence-corrected chi connectivity index (χ3v) is 1.51. The molecular weight excluding hydrogens is 211 g/mol. The average Bonchev–Trinajstić information content (AvgIpc) is 1.85. The fourth-order valence-electron chi connectivity index (χ4n) is 0.693. The molecule has 1 nitrogen and oxygen atoms in total. The first-order chi connectivity index (χ1) is 5.22. The van der Waals surface area contributed by atoms with Crippen LogP contribution in [0, 0.1) is 5.82 Å². The monoisotopic (exact) mass is 216 g/mol. The summed E-state index contributed by atoms with van der Waals surface area (Å²) in [4.78, 5) is 0. The summed E-state index contributed by atoms with van der Waals surface area (Å²) in [6.07, 6.45) is 1.25. The van der Waals surface area contributed by atoms with Crippen molar-refractivity contribution in [3.8, 4) is 5.75 Å². The summed E-state index contributed by atoms with van der Waals surface area (Å²) >= 11 is 3.13. The lowest BCUT2D eigenvalue weighted by atomic mass is 10.3. The van der Waals surface area contributed by atoms with Crippen molar-refractivity contribution < 1.29 is 9.13 Å². The lowest BCUT2D eigenvalue weighted by Gasteiger charge is -1.99. The summed E-state index contributed by atoms with van der Waals surface area (Å²) in [5.41, 5.74) is 0. The number of benzene rings is 1. The number of hydrogen-bond acceptors (Lipinski definition) is 1. The number of ether oxygens (including phenoxy) is 1. The molecular formula is C8H6BrFO. The zero-order valence-electron chi connectivity index (χ0n) is 5.68. The molecule has 0 saturated heterocycles. The maximum atomic E-state index is 12.6. The van der Waals surface area contributed by atoms with Crippen LogP contribution in [-0.2, 0) is 0 Å². The lowest BCUT2D eigenvalue weighted by Crippen LogP contribution is -1.82. The number of rotatable bonds is 2. The van der Waals surface area contributed by atoms with Crippen LogP contribution in [-0.4, -0.2) is 0 Å². The Morgan fingerprint density at radius 2 is 2.18 bits per heavy atom. The first-order valence-corrected chi connectivity index (χ1v) is 3.75. The van der Waals surface area contributed by atoms with Gasteiger partial charge in [0.1, 0.15) is 11.6 Å². The van der Waals surface area contributed by atoms with Gasteiger partial charge in [0.15, 0.2) is 0 Å². The third kappa shape index (κ3) is 2.35. The maximum absolute atomic E-state index is 12.6. The van der Waals surface area contributed by atoms with E-state index in [0.717, 1.165) is 0 Å². The van der Waals surface area contributed by atoms with E-state index < -0.39 is 0 Å². The van der Waals surface area contributed by atoms with E-state index in [0.29, 0.717) is 10.2 Å². The second-order valence-corrected chi connectivity index (χ2v) is 2.81. The summed E-state index contributed by atoms with van der Waals surface area (Å²) in [6.45, 7) is 3.36. The van der Waals surface area contributed by atoms with Gasteiger partial charge >= 0.3 is 0 Å². The second kappa shape index (κ2) is 3.53. The van der Waals surface area contributed by atoms with Gasteiger partial charge in [0.2, 0.25) is 0 Å². The van der Waals surface area contributed by atoms with E-state index in [4.69, 9.17) is 4.74 Å². The molecule has 0 N–H and O–H groups in total. The van der Waals surface area contributed by atoms with Crippen LogP contribution in [0.5, 0.6) is 5.75 Å². The van der Waals surface area contributed by atoms with Crippen LogP contribution in [0.2, 0.25) is 0 Å². The van der Waals surface area contributed by atoms with Crippen LogP contribution in [0.25, 0.3) is 0 Å². The zero-order valence-corrected chi connectivity index (χ0v) is 7.27. The molecule has 0 aliphatic carbocycles. The van der Waals surface area contributed by atoms with Gasteiger partial charge < -0.3 is 4.74 Å². The Bertz CT molecular complexity index is 253. The minimum Gasteiger partial charge on any atom is -0.465 e. The van der Waals surface area contributed by atoms with E-state index in [1.807, 2.05) is 0 Å². The Kier molecular flexibility index (Phi) is 2.65. The van der Waals surface area contributed by atoms with Crippen molar-refractivity contribution in [3.63, 3.8) is 0 Å². The van der Waals surface area contributed by atoms with Crippen LogP contribution in [0.1, 0.15) is 0 Å². The van der Waals surface area contributed by atoms with E-state index in [2.05, 4.69) is 22.5 Å². The van der Waals surface area contributed by atoms with Crippen molar-refractivity contribution in [2.75, 3.05) is 0 Å². The molecule has 0 saturated carbocycles. The highest BCUT2D eigenvalue weighted by Crippen LogP contribution is 2.20. The largest absolute Gasteiger partial charge is 0.465 e. The highest BCUT2D eigenvalue weighted by Gasteiger charge is 1.97. The maximum Gasteiger partial charge on any atom is 0.130 e. The number of hydrogen-bond donors (Lipinski definition) is 0. The van der Waals surface area contributed by atoms with Gasteiger partial charge in [0, 0.05) is 10.5 Å². The summed E-state index contributed by atoms with van der Waals surface area (Å²) in [5.74, 6) is 0.100. The SMILES string of the molecule is C=COc1cc(F)cc(Br)c1. The van der Waals surface area contributed by atoms with Crippen molar-refractivity contribution in [1.82, 2.24) is 0 Å². The van der Waals surface area contributed by atoms with Crippen molar-refractivity contribution in [2.45, 2.75) is 0 Å². The van der Waals surface area contributed by atoms with Crippen LogP contribution in [0.15, 0.2) is 35.5 Å². The highest BCUT2D eigenvalue weighted by atomic mass is 79.9. The molecule has 58 valence electrons.